The number of hydrogen-bond acceptors (Lipinski definition) is 3. The van der Waals surface area contributed by atoms with Crippen molar-refractivity contribution in [3.05, 3.63) is 24.0 Å². The van der Waals surface area contributed by atoms with E-state index >= 15 is 0 Å². The first-order valence-corrected chi connectivity index (χ1v) is 5.46. The van der Waals surface area contributed by atoms with Crippen LogP contribution in [-0.2, 0) is 10.2 Å². The van der Waals surface area contributed by atoms with Crippen molar-refractivity contribution in [2.45, 2.75) is 0 Å². The summed E-state index contributed by atoms with van der Waals surface area (Å²) in [6, 6.07) is 3.00. The normalized spacial score (nSPS) is 11.7. The Labute approximate surface area is 87.3 Å². The molecule has 0 spiro atoms. The molecule has 0 saturated carbocycles. The lowest BCUT2D eigenvalue weighted by molar-refractivity contribution is 0.475. The number of phenolic OH excluding ortho intramolecular Hbond substituents is 1. The quantitative estimate of drug-likeness (QED) is 0.758. The van der Waals surface area contributed by atoms with Gasteiger partial charge in [0.05, 0.1) is 5.69 Å². The molecule has 1 rings (SSSR count). The van der Waals surface area contributed by atoms with Gasteiger partial charge in [0.25, 0.3) is 0 Å². The zero-order valence-electron chi connectivity index (χ0n) is 8.23. The minimum Gasteiger partial charge on any atom is -0.506 e. The van der Waals surface area contributed by atoms with Gasteiger partial charge in [-0.3, -0.25) is 4.72 Å². The number of nitrogens with one attached hydrogen (secondary N) is 1. The van der Waals surface area contributed by atoms with Crippen LogP contribution in [0.1, 0.15) is 0 Å². The van der Waals surface area contributed by atoms with Crippen LogP contribution in [0.3, 0.4) is 0 Å². The zero-order valence-corrected chi connectivity index (χ0v) is 9.05. The van der Waals surface area contributed by atoms with Gasteiger partial charge >= 0.3 is 10.2 Å². The molecule has 0 unspecified atom stereocenters. The molecule has 0 aliphatic rings. The van der Waals surface area contributed by atoms with Crippen molar-refractivity contribution in [1.82, 2.24) is 4.31 Å². The van der Waals surface area contributed by atoms with Crippen LogP contribution in [-0.4, -0.2) is 31.9 Å². The molecule has 0 fully saturated rings. The fourth-order valence-electron chi connectivity index (χ4n) is 0.820. The van der Waals surface area contributed by atoms with Crippen LogP contribution in [0.25, 0.3) is 0 Å². The Morgan fingerprint density at radius 3 is 2.53 bits per heavy atom. The van der Waals surface area contributed by atoms with E-state index < -0.39 is 16.0 Å². The Balaban J connectivity index is 3.05. The number of rotatable bonds is 3. The van der Waals surface area contributed by atoms with E-state index in [1.165, 1.54) is 14.1 Å². The zero-order chi connectivity index (χ0) is 11.6. The molecule has 0 aromatic heterocycles. The van der Waals surface area contributed by atoms with E-state index in [0.29, 0.717) is 0 Å². The molecule has 15 heavy (non-hydrogen) atoms. The van der Waals surface area contributed by atoms with E-state index in [2.05, 4.69) is 0 Å². The van der Waals surface area contributed by atoms with Gasteiger partial charge in [-0.15, -0.1) is 0 Å². The SMILES string of the molecule is CN(C)S(=O)(=O)Nc1cc(F)ccc1O. The molecule has 5 nitrogen and oxygen atoms in total. The van der Waals surface area contributed by atoms with E-state index in [-0.39, 0.29) is 11.4 Å². The average molecular weight is 234 g/mol. The van der Waals surface area contributed by atoms with Crippen LogP contribution < -0.4 is 4.72 Å². The summed E-state index contributed by atoms with van der Waals surface area (Å²) in [5.74, 6) is -0.967. The number of aromatic hydroxyl groups is 1. The maximum atomic E-state index is 12.8. The van der Waals surface area contributed by atoms with E-state index in [1.807, 2.05) is 4.72 Å². The van der Waals surface area contributed by atoms with Crippen molar-refractivity contribution in [3.63, 3.8) is 0 Å². The molecule has 0 amide bonds. The van der Waals surface area contributed by atoms with Crippen molar-refractivity contribution in [2.75, 3.05) is 18.8 Å². The summed E-state index contributed by atoms with van der Waals surface area (Å²) in [6.45, 7) is 0. The second-order valence-corrected chi connectivity index (χ2v) is 4.94. The number of hydrogen-bond donors (Lipinski definition) is 2. The van der Waals surface area contributed by atoms with Gasteiger partial charge < -0.3 is 5.11 Å². The molecule has 1 aromatic rings. The maximum absolute atomic E-state index is 12.8. The summed E-state index contributed by atoms with van der Waals surface area (Å²) < 4.78 is 38.4. The summed E-state index contributed by atoms with van der Waals surface area (Å²) in [6.07, 6.45) is 0. The van der Waals surface area contributed by atoms with Gasteiger partial charge in [-0.1, -0.05) is 0 Å². The summed E-state index contributed by atoms with van der Waals surface area (Å²) in [5.41, 5.74) is -0.191. The monoisotopic (exact) mass is 234 g/mol. The van der Waals surface area contributed by atoms with Crippen molar-refractivity contribution < 1.29 is 17.9 Å². The minimum absolute atomic E-state index is 0.191. The van der Waals surface area contributed by atoms with Crippen LogP contribution in [0.5, 0.6) is 5.75 Å². The molecule has 2 N–H and O–H groups in total. The third-order valence-electron chi connectivity index (χ3n) is 1.68. The van der Waals surface area contributed by atoms with Crippen molar-refractivity contribution in [2.24, 2.45) is 0 Å². The van der Waals surface area contributed by atoms with Gasteiger partial charge in [0.15, 0.2) is 0 Å². The fourth-order valence-corrected chi connectivity index (χ4v) is 1.44. The third kappa shape index (κ3) is 2.80. The highest BCUT2D eigenvalue weighted by Crippen LogP contribution is 2.24. The molecular weight excluding hydrogens is 223 g/mol. The minimum atomic E-state index is -3.73. The molecule has 0 atom stereocenters. The maximum Gasteiger partial charge on any atom is 0.301 e. The van der Waals surface area contributed by atoms with Crippen molar-refractivity contribution >= 4 is 15.9 Å². The average Bonchev–Trinajstić information content (AvgIpc) is 2.10. The summed E-state index contributed by atoms with van der Waals surface area (Å²) >= 11 is 0. The van der Waals surface area contributed by atoms with E-state index in [4.69, 9.17) is 0 Å². The van der Waals surface area contributed by atoms with E-state index in [0.717, 1.165) is 22.5 Å². The third-order valence-corrected chi connectivity index (χ3v) is 3.12. The number of nitrogens with zero attached hydrogens (tertiary/aromatic N) is 1. The van der Waals surface area contributed by atoms with Crippen LogP contribution in [0.15, 0.2) is 18.2 Å². The van der Waals surface area contributed by atoms with Gasteiger partial charge in [-0.25, -0.2) is 4.39 Å². The molecule has 1 aromatic carbocycles. The molecule has 0 bridgehead atoms. The van der Waals surface area contributed by atoms with Gasteiger partial charge in [-0.05, 0) is 12.1 Å². The summed E-state index contributed by atoms with van der Waals surface area (Å²) in [4.78, 5) is 0. The standard InChI is InChI=1S/C8H11FN2O3S/c1-11(2)15(13,14)10-7-5-6(9)3-4-8(7)12/h3-5,10,12H,1-2H3. The number of halogens is 1. The van der Waals surface area contributed by atoms with Gasteiger partial charge in [0, 0.05) is 20.2 Å². The van der Waals surface area contributed by atoms with Gasteiger partial charge in [0.2, 0.25) is 0 Å². The number of phenols is 1. The van der Waals surface area contributed by atoms with Crippen LogP contribution in [0.2, 0.25) is 0 Å². The van der Waals surface area contributed by atoms with Crippen LogP contribution >= 0.6 is 0 Å². The topological polar surface area (TPSA) is 69.6 Å². The van der Waals surface area contributed by atoms with Crippen LogP contribution in [0.4, 0.5) is 10.1 Å². The Hall–Kier alpha value is -1.34. The van der Waals surface area contributed by atoms with Crippen LogP contribution in [0, 0.1) is 5.82 Å². The van der Waals surface area contributed by atoms with Gasteiger partial charge in [-0.2, -0.15) is 12.7 Å². The second-order valence-electron chi connectivity index (χ2n) is 3.05. The lowest BCUT2D eigenvalue weighted by Crippen LogP contribution is -2.28. The molecule has 0 aliphatic heterocycles. The Morgan fingerprint density at radius 2 is 2.00 bits per heavy atom. The molecule has 0 heterocycles. The second kappa shape index (κ2) is 4.03. The largest absolute Gasteiger partial charge is 0.506 e. The number of anilines is 1. The summed E-state index contributed by atoms with van der Waals surface area (Å²) in [7, 11) is -1.10. The molecule has 0 aliphatic carbocycles. The summed E-state index contributed by atoms with van der Waals surface area (Å²) in [5, 5.41) is 9.27. The molecule has 0 saturated heterocycles. The Bertz CT molecular complexity index is 459. The highest BCUT2D eigenvalue weighted by atomic mass is 32.2. The molecule has 0 radical (unpaired) electrons. The van der Waals surface area contributed by atoms with Gasteiger partial charge in [0.1, 0.15) is 11.6 Å². The smallest absolute Gasteiger partial charge is 0.301 e. The fraction of sp³-hybridized carbons (Fsp3) is 0.250. The Morgan fingerprint density at radius 1 is 1.40 bits per heavy atom. The lowest BCUT2D eigenvalue weighted by atomic mass is 10.3. The highest BCUT2D eigenvalue weighted by Gasteiger charge is 2.15. The molecule has 7 heteroatoms. The first-order valence-electron chi connectivity index (χ1n) is 4.02. The molecular formula is C8H11FN2O3S. The first kappa shape index (κ1) is 11.7. The van der Waals surface area contributed by atoms with E-state index in [9.17, 15) is 17.9 Å². The van der Waals surface area contributed by atoms with E-state index in [1.54, 1.807) is 0 Å². The lowest BCUT2D eigenvalue weighted by Gasteiger charge is -2.14. The molecule has 84 valence electrons. The number of benzene rings is 1. The first-order chi connectivity index (χ1) is 6.83. The van der Waals surface area contributed by atoms with Crippen molar-refractivity contribution in [3.8, 4) is 5.75 Å². The predicted molar refractivity (Wildman–Crippen MR) is 54.3 cm³/mol. The highest BCUT2D eigenvalue weighted by molar-refractivity contribution is 7.90. The predicted octanol–water partition coefficient (Wildman–Crippen LogP) is 0.750. The van der Waals surface area contributed by atoms with Crippen molar-refractivity contribution in [1.29, 1.82) is 0 Å². The Kier molecular flexibility index (Phi) is 3.15.